The molecule has 1 aliphatic rings. The largest absolute Gasteiger partial charge is 0.497 e. The summed E-state index contributed by atoms with van der Waals surface area (Å²) in [6, 6.07) is 5.88. The predicted octanol–water partition coefficient (Wildman–Crippen LogP) is 2.81. The molecule has 1 heterocycles. The van der Waals surface area contributed by atoms with Crippen molar-refractivity contribution in [2.75, 3.05) is 19.0 Å². The Kier molecular flexibility index (Phi) is 8.14. The minimum Gasteiger partial charge on any atom is -0.497 e. The van der Waals surface area contributed by atoms with Crippen LogP contribution in [0, 0.1) is 11.6 Å². The van der Waals surface area contributed by atoms with Crippen LogP contribution in [0.25, 0.3) is 0 Å². The number of amides is 2. The van der Waals surface area contributed by atoms with Crippen molar-refractivity contribution < 1.29 is 38.1 Å². The number of aliphatic carboxylic acids is 1. The highest BCUT2D eigenvalue weighted by Gasteiger charge is 2.38. The van der Waals surface area contributed by atoms with E-state index in [9.17, 15) is 28.3 Å². The van der Waals surface area contributed by atoms with Gasteiger partial charge in [0.15, 0.2) is 0 Å². The molecule has 2 aromatic carbocycles. The normalized spacial score (nSPS) is 16.2. The maximum absolute atomic E-state index is 14.8. The fraction of sp³-hybridized carbons (Fsp3) is 0.400. The molecule has 0 spiro atoms. The lowest BCUT2D eigenvalue weighted by Crippen LogP contribution is -2.49. The SMILES string of the molecule is COc1ccc2c(c1)CCN(C(=O)C(O)CCC(=O)O)[C@H]2C(=O)Nc1cc(F)c([Si](C)(C)C)c(F)c1. The number of aliphatic hydroxyl groups is 1. The fourth-order valence-corrected chi connectivity index (χ4v) is 5.98. The van der Waals surface area contributed by atoms with Crippen molar-refractivity contribution in [2.45, 2.75) is 51.0 Å². The summed E-state index contributed by atoms with van der Waals surface area (Å²) < 4.78 is 34.8. The number of carboxylic acids is 1. The van der Waals surface area contributed by atoms with E-state index in [-0.39, 0.29) is 23.8 Å². The second kappa shape index (κ2) is 10.7. The number of rotatable bonds is 8. The van der Waals surface area contributed by atoms with Crippen LogP contribution in [0.5, 0.6) is 5.75 Å². The summed E-state index contributed by atoms with van der Waals surface area (Å²) in [7, 11) is -0.829. The number of carbonyl (C=O) groups excluding carboxylic acids is 2. The number of nitrogens with zero attached hydrogens (tertiary/aromatic N) is 1. The summed E-state index contributed by atoms with van der Waals surface area (Å²) in [5.41, 5.74) is 1.11. The topological polar surface area (TPSA) is 116 Å². The second-order valence-corrected chi connectivity index (χ2v) is 14.8. The molecule has 0 radical (unpaired) electrons. The minimum atomic E-state index is -2.33. The monoisotopic (exact) mass is 520 g/mol. The number of carbonyl (C=O) groups is 3. The van der Waals surface area contributed by atoms with E-state index in [1.807, 2.05) is 0 Å². The van der Waals surface area contributed by atoms with Crippen LogP contribution in [0.3, 0.4) is 0 Å². The number of anilines is 1. The maximum atomic E-state index is 14.8. The van der Waals surface area contributed by atoms with E-state index >= 15 is 0 Å². The highest BCUT2D eigenvalue weighted by molar-refractivity contribution is 6.88. The number of hydrogen-bond acceptors (Lipinski definition) is 5. The lowest BCUT2D eigenvalue weighted by atomic mass is 9.91. The first kappa shape index (κ1) is 27.3. The number of carboxylic acid groups (broad SMARTS) is 1. The zero-order valence-electron chi connectivity index (χ0n) is 20.6. The third-order valence-corrected chi connectivity index (χ3v) is 8.06. The van der Waals surface area contributed by atoms with E-state index < -0.39 is 56.1 Å². The van der Waals surface area contributed by atoms with E-state index in [2.05, 4.69) is 5.32 Å². The zero-order valence-corrected chi connectivity index (χ0v) is 21.6. The third kappa shape index (κ3) is 5.90. The highest BCUT2D eigenvalue weighted by atomic mass is 28.3. The van der Waals surface area contributed by atoms with Crippen LogP contribution in [-0.4, -0.2) is 60.7 Å². The minimum absolute atomic E-state index is 0.0222. The van der Waals surface area contributed by atoms with Crippen molar-refractivity contribution in [3.8, 4) is 5.75 Å². The van der Waals surface area contributed by atoms with Gasteiger partial charge >= 0.3 is 5.97 Å². The molecule has 8 nitrogen and oxygen atoms in total. The molecule has 0 saturated heterocycles. The summed E-state index contributed by atoms with van der Waals surface area (Å²) in [6.45, 7) is 5.48. The molecule has 36 heavy (non-hydrogen) atoms. The average molecular weight is 521 g/mol. The van der Waals surface area contributed by atoms with Gasteiger partial charge in [-0.2, -0.15) is 0 Å². The quantitative estimate of drug-likeness (QED) is 0.461. The Morgan fingerprint density at radius 1 is 1.17 bits per heavy atom. The van der Waals surface area contributed by atoms with E-state index in [0.717, 1.165) is 17.7 Å². The molecule has 0 aliphatic carbocycles. The lowest BCUT2D eigenvalue weighted by molar-refractivity contribution is -0.148. The molecule has 2 atom stereocenters. The summed E-state index contributed by atoms with van der Waals surface area (Å²) >= 11 is 0. The van der Waals surface area contributed by atoms with E-state index in [4.69, 9.17) is 9.84 Å². The van der Waals surface area contributed by atoms with Crippen LogP contribution < -0.4 is 15.2 Å². The van der Waals surface area contributed by atoms with Crippen molar-refractivity contribution in [1.82, 2.24) is 4.90 Å². The van der Waals surface area contributed by atoms with Gasteiger partial charge in [-0.1, -0.05) is 25.7 Å². The smallest absolute Gasteiger partial charge is 0.303 e. The number of ether oxygens (including phenoxy) is 1. The van der Waals surface area contributed by atoms with Gasteiger partial charge in [-0.05, 0) is 48.2 Å². The van der Waals surface area contributed by atoms with Gasteiger partial charge in [0.05, 0.1) is 15.2 Å². The first-order chi connectivity index (χ1) is 16.8. The van der Waals surface area contributed by atoms with Gasteiger partial charge in [0.1, 0.15) is 29.5 Å². The van der Waals surface area contributed by atoms with Gasteiger partial charge in [0.2, 0.25) is 0 Å². The molecular formula is C25H30F2N2O6Si. The molecule has 0 aromatic heterocycles. The van der Waals surface area contributed by atoms with Crippen molar-refractivity contribution in [3.63, 3.8) is 0 Å². The number of aliphatic hydroxyl groups excluding tert-OH is 1. The Hall–Kier alpha value is -3.31. The molecule has 194 valence electrons. The number of hydrogen-bond donors (Lipinski definition) is 3. The average Bonchev–Trinajstić information content (AvgIpc) is 2.79. The Morgan fingerprint density at radius 3 is 2.36 bits per heavy atom. The van der Waals surface area contributed by atoms with E-state index in [1.54, 1.807) is 37.8 Å². The first-order valence-corrected chi connectivity index (χ1v) is 15.0. The predicted molar refractivity (Wildman–Crippen MR) is 132 cm³/mol. The van der Waals surface area contributed by atoms with Gasteiger partial charge in [0, 0.05) is 23.8 Å². The fourth-order valence-electron chi connectivity index (χ4n) is 4.40. The number of nitrogens with one attached hydrogen (secondary N) is 1. The van der Waals surface area contributed by atoms with Gasteiger partial charge in [-0.3, -0.25) is 14.4 Å². The second-order valence-electron chi connectivity index (χ2n) is 9.75. The summed E-state index contributed by atoms with van der Waals surface area (Å²) in [5.74, 6) is -3.65. The molecule has 0 fully saturated rings. The van der Waals surface area contributed by atoms with E-state index in [0.29, 0.717) is 17.7 Å². The number of fused-ring (bicyclic) bond motifs is 1. The number of halogens is 2. The summed E-state index contributed by atoms with van der Waals surface area (Å²) in [4.78, 5) is 38.5. The molecule has 1 aliphatic heterocycles. The Morgan fingerprint density at radius 2 is 1.81 bits per heavy atom. The molecular weight excluding hydrogens is 490 g/mol. The van der Waals surface area contributed by atoms with Crippen LogP contribution in [0.4, 0.5) is 14.5 Å². The molecule has 0 bridgehead atoms. The van der Waals surface area contributed by atoms with Crippen molar-refractivity contribution in [2.24, 2.45) is 0 Å². The van der Waals surface area contributed by atoms with Crippen molar-refractivity contribution in [3.05, 3.63) is 53.1 Å². The standard InChI is InChI=1S/C25H30F2N2O6Si/c1-35-16-5-6-17-14(11-16)9-10-29(25(34)20(30)7-8-21(31)32)22(17)24(33)28-15-12-18(26)23(19(27)13-15)36(2,3)4/h5-6,11-13,20,22,30H,7-10H2,1-4H3,(H,28,33)(H,31,32)/t20?,22-/m1/s1. The lowest BCUT2D eigenvalue weighted by Gasteiger charge is -2.37. The third-order valence-electron chi connectivity index (χ3n) is 6.09. The Labute approximate surface area is 208 Å². The van der Waals surface area contributed by atoms with Gasteiger partial charge < -0.3 is 25.2 Å². The molecule has 2 amide bonds. The maximum Gasteiger partial charge on any atom is 0.303 e. The first-order valence-electron chi connectivity index (χ1n) is 11.5. The van der Waals surface area contributed by atoms with Crippen LogP contribution in [0.2, 0.25) is 19.6 Å². The molecule has 3 rings (SSSR count). The Balaban J connectivity index is 1.97. The summed E-state index contributed by atoms with van der Waals surface area (Å²) in [6.07, 6.45) is -2.00. The molecule has 1 unspecified atom stereocenters. The van der Waals surface area contributed by atoms with Crippen LogP contribution in [-0.2, 0) is 20.8 Å². The highest BCUT2D eigenvalue weighted by Crippen LogP contribution is 2.34. The van der Waals surface area contributed by atoms with Crippen molar-refractivity contribution >= 4 is 36.7 Å². The zero-order chi connectivity index (χ0) is 26.8. The number of methoxy groups -OCH3 is 1. The molecule has 3 N–H and O–H groups in total. The molecule has 0 saturated carbocycles. The van der Waals surface area contributed by atoms with Crippen LogP contribution >= 0.6 is 0 Å². The van der Waals surface area contributed by atoms with Crippen LogP contribution in [0.1, 0.15) is 30.0 Å². The Bertz CT molecular complexity index is 1160. The van der Waals surface area contributed by atoms with Crippen LogP contribution in [0.15, 0.2) is 30.3 Å². The number of benzene rings is 2. The summed E-state index contributed by atoms with van der Waals surface area (Å²) in [5, 5.41) is 21.7. The van der Waals surface area contributed by atoms with Gasteiger partial charge in [-0.25, -0.2) is 8.78 Å². The molecule has 2 aromatic rings. The van der Waals surface area contributed by atoms with E-state index in [1.165, 1.54) is 12.0 Å². The van der Waals surface area contributed by atoms with Gasteiger partial charge in [0.25, 0.3) is 11.8 Å². The van der Waals surface area contributed by atoms with Crippen molar-refractivity contribution in [1.29, 1.82) is 0 Å². The van der Waals surface area contributed by atoms with Gasteiger partial charge in [-0.15, -0.1) is 0 Å². The molecule has 11 heteroatoms.